The quantitative estimate of drug-likeness (QED) is 0.855. The van der Waals surface area contributed by atoms with Gasteiger partial charge in [-0.3, -0.25) is 9.59 Å². The molecule has 1 aromatic carbocycles. The van der Waals surface area contributed by atoms with Crippen LogP contribution in [0.4, 0.5) is 5.69 Å². The Balaban J connectivity index is 1.56. The Hall–Kier alpha value is -2.64. The molecule has 0 spiro atoms. The summed E-state index contributed by atoms with van der Waals surface area (Å²) < 4.78 is 10.4. The highest BCUT2D eigenvalue weighted by molar-refractivity contribution is 6.04. The Morgan fingerprint density at radius 1 is 1.16 bits per heavy atom. The van der Waals surface area contributed by atoms with Gasteiger partial charge < -0.3 is 25.1 Å². The average Bonchev–Trinajstić information content (AvgIpc) is 3.13. The summed E-state index contributed by atoms with van der Waals surface area (Å²) in [5.74, 6) is 0.385. The lowest BCUT2D eigenvalue weighted by Crippen LogP contribution is -2.41. The number of hydrogen-bond donors (Lipinski definition) is 2. The van der Waals surface area contributed by atoms with E-state index in [-0.39, 0.29) is 18.4 Å². The van der Waals surface area contributed by atoms with Crippen LogP contribution in [-0.2, 0) is 22.5 Å². The number of nitrogens with two attached hydrogens (primary N) is 1. The molecule has 0 bridgehead atoms. The first-order chi connectivity index (χ1) is 12.2. The fourth-order valence-corrected chi connectivity index (χ4v) is 2.62. The van der Waals surface area contributed by atoms with E-state index in [2.05, 4.69) is 5.32 Å². The van der Waals surface area contributed by atoms with Gasteiger partial charge in [-0.25, -0.2) is 0 Å². The molecule has 3 N–H and O–H groups in total. The van der Waals surface area contributed by atoms with Crippen LogP contribution in [0, 0.1) is 0 Å². The number of hydrogen-bond acceptors (Lipinski definition) is 5. The second kappa shape index (κ2) is 7.96. The summed E-state index contributed by atoms with van der Waals surface area (Å²) >= 11 is 0. The topological polar surface area (TPSA) is 97.8 Å². The molecule has 7 heteroatoms. The second-order valence-corrected chi connectivity index (χ2v) is 5.83. The SMILES string of the molecule is NCc1cc(C(=O)Nc2ccc(CC(=O)N3CCOCC3)cc2)co1. The molecule has 1 fully saturated rings. The van der Waals surface area contributed by atoms with E-state index in [0.717, 1.165) is 5.56 Å². The van der Waals surface area contributed by atoms with Crippen LogP contribution in [0.5, 0.6) is 0 Å². The Kier molecular flexibility index (Phi) is 5.47. The van der Waals surface area contributed by atoms with Crippen LogP contribution in [0.25, 0.3) is 0 Å². The molecule has 0 unspecified atom stereocenters. The van der Waals surface area contributed by atoms with Crippen LogP contribution >= 0.6 is 0 Å². The molecule has 1 aliphatic heterocycles. The van der Waals surface area contributed by atoms with Gasteiger partial charge in [-0.1, -0.05) is 12.1 Å². The lowest BCUT2D eigenvalue weighted by atomic mass is 10.1. The van der Waals surface area contributed by atoms with Crippen LogP contribution in [-0.4, -0.2) is 43.0 Å². The minimum atomic E-state index is -0.263. The highest BCUT2D eigenvalue weighted by Gasteiger charge is 2.17. The zero-order valence-corrected chi connectivity index (χ0v) is 13.9. The van der Waals surface area contributed by atoms with Crippen molar-refractivity contribution in [1.82, 2.24) is 4.90 Å². The van der Waals surface area contributed by atoms with E-state index in [0.29, 0.717) is 49.7 Å². The molecule has 1 aliphatic rings. The first-order valence-corrected chi connectivity index (χ1v) is 8.19. The number of carbonyl (C=O) groups excluding carboxylic acids is 2. The van der Waals surface area contributed by atoms with Gasteiger partial charge in [0.1, 0.15) is 12.0 Å². The van der Waals surface area contributed by atoms with E-state index in [9.17, 15) is 9.59 Å². The fraction of sp³-hybridized carbons (Fsp3) is 0.333. The summed E-state index contributed by atoms with van der Waals surface area (Å²) in [6, 6.07) is 8.86. The molecule has 0 aliphatic carbocycles. The van der Waals surface area contributed by atoms with Crippen molar-refractivity contribution in [3.63, 3.8) is 0 Å². The number of ether oxygens (including phenoxy) is 1. The minimum absolute atomic E-state index is 0.0906. The molecule has 7 nitrogen and oxygen atoms in total. The minimum Gasteiger partial charge on any atom is -0.467 e. The third-order valence-corrected chi connectivity index (χ3v) is 4.05. The number of amides is 2. The Morgan fingerprint density at radius 2 is 1.88 bits per heavy atom. The molecule has 1 aromatic heterocycles. The summed E-state index contributed by atoms with van der Waals surface area (Å²) in [4.78, 5) is 26.2. The highest BCUT2D eigenvalue weighted by Crippen LogP contribution is 2.14. The largest absolute Gasteiger partial charge is 0.467 e. The number of benzene rings is 1. The van der Waals surface area contributed by atoms with Gasteiger partial charge in [0.15, 0.2) is 0 Å². The molecule has 0 saturated carbocycles. The average molecular weight is 343 g/mol. The molecule has 2 amide bonds. The van der Waals surface area contributed by atoms with Gasteiger partial charge in [-0.05, 0) is 23.8 Å². The Labute approximate surface area is 145 Å². The van der Waals surface area contributed by atoms with Crippen LogP contribution < -0.4 is 11.1 Å². The van der Waals surface area contributed by atoms with Crippen molar-refractivity contribution in [3.8, 4) is 0 Å². The van der Waals surface area contributed by atoms with Gasteiger partial charge in [-0.2, -0.15) is 0 Å². The smallest absolute Gasteiger partial charge is 0.258 e. The van der Waals surface area contributed by atoms with Gasteiger partial charge in [0.05, 0.1) is 31.7 Å². The van der Waals surface area contributed by atoms with Crippen molar-refractivity contribution in [2.24, 2.45) is 5.73 Å². The van der Waals surface area contributed by atoms with Crippen molar-refractivity contribution in [2.75, 3.05) is 31.6 Å². The lowest BCUT2D eigenvalue weighted by Gasteiger charge is -2.26. The van der Waals surface area contributed by atoms with E-state index < -0.39 is 0 Å². The van der Waals surface area contributed by atoms with Crippen molar-refractivity contribution < 1.29 is 18.7 Å². The van der Waals surface area contributed by atoms with Gasteiger partial charge in [-0.15, -0.1) is 0 Å². The first kappa shape index (κ1) is 17.2. The predicted octanol–water partition coefficient (Wildman–Crippen LogP) is 1.39. The molecule has 2 aromatic rings. The molecule has 0 radical (unpaired) electrons. The normalized spacial score (nSPS) is 14.4. The molecule has 2 heterocycles. The van der Waals surface area contributed by atoms with Crippen LogP contribution in [0.15, 0.2) is 41.0 Å². The molecule has 132 valence electrons. The van der Waals surface area contributed by atoms with E-state index in [1.807, 2.05) is 17.0 Å². The lowest BCUT2D eigenvalue weighted by molar-refractivity contribution is -0.134. The van der Waals surface area contributed by atoms with Gasteiger partial charge >= 0.3 is 0 Å². The summed E-state index contributed by atoms with van der Waals surface area (Å²) in [6.07, 6.45) is 1.72. The van der Waals surface area contributed by atoms with E-state index in [1.54, 1.807) is 18.2 Å². The monoisotopic (exact) mass is 343 g/mol. The van der Waals surface area contributed by atoms with Crippen molar-refractivity contribution in [1.29, 1.82) is 0 Å². The van der Waals surface area contributed by atoms with E-state index in [1.165, 1.54) is 6.26 Å². The number of nitrogens with zero attached hydrogens (tertiary/aromatic N) is 1. The number of rotatable bonds is 5. The van der Waals surface area contributed by atoms with Crippen molar-refractivity contribution in [3.05, 3.63) is 53.5 Å². The summed E-state index contributed by atoms with van der Waals surface area (Å²) in [6.45, 7) is 2.72. The number of morpholine rings is 1. The zero-order valence-electron chi connectivity index (χ0n) is 13.9. The standard InChI is InChI=1S/C18H21N3O4/c19-11-16-10-14(12-25-16)18(23)20-15-3-1-13(2-4-15)9-17(22)21-5-7-24-8-6-21/h1-4,10,12H,5-9,11,19H2,(H,20,23). The number of nitrogens with one attached hydrogen (secondary N) is 1. The number of anilines is 1. The maximum Gasteiger partial charge on any atom is 0.258 e. The molecule has 25 heavy (non-hydrogen) atoms. The van der Waals surface area contributed by atoms with Crippen LogP contribution in [0.1, 0.15) is 21.7 Å². The molecule has 3 rings (SSSR count). The predicted molar refractivity (Wildman–Crippen MR) is 92.1 cm³/mol. The van der Waals surface area contributed by atoms with E-state index in [4.69, 9.17) is 14.9 Å². The Morgan fingerprint density at radius 3 is 2.52 bits per heavy atom. The second-order valence-electron chi connectivity index (χ2n) is 5.83. The van der Waals surface area contributed by atoms with Crippen molar-refractivity contribution >= 4 is 17.5 Å². The molecule has 0 atom stereocenters. The van der Waals surface area contributed by atoms with Crippen molar-refractivity contribution in [2.45, 2.75) is 13.0 Å². The highest BCUT2D eigenvalue weighted by atomic mass is 16.5. The third kappa shape index (κ3) is 4.46. The van der Waals surface area contributed by atoms with Crippen LogP contribution in [0.3, 0.4) is 0 Å². The summed E-state index contributed by atoms with van der Waals surface area (Å²) in [7, 11) is 0. The summed E-state index contributed by atoms with van der Waals surface area (Å²) in [5.41, 5.74) is 7.45. The first-order valence-electron chi connectivity index (χ1n) is 8.19. The maximum absolute atomic E-state index is 12.2. The van der Waals surface area contributed by atoms with Gasteiger partial charge in [0.2, 0.25) is 5.91 Å². The van der Waals surface area contributed by atoms with Crippen LogP contribution in [0.2, 0.25) is 0 Å². The number of carbonyl (C=O) groups is 2. The third-order valence-electron chi connectivity index (χ3n) is 4.05. The molecular formula is C18H21N3O4. The van der Waals surface area contributed by atoms with Gasteiger partial charge in [0, 0.05) is 18.8 Å². The fourth-order valence-electron chi connectivity index (χ4n) is 2.62. The zero-order chi connectivity index (χ0) is 17.6. The Bertz CT molecular complexity index is 733. The van der Waals surface area contributed by atoms with Gasteiger partial charge in [0.25, 0.3) is 5.91 Å². The molecular weight excluding hydrogens is 322 g/mol. The maximum atomic E-state index is 12.2. The number of furan rings is 1. The summed E-state index contributed by atoms with van der Waals surface area (Å²) in [5, 5.41) is 2.79. The van der Waals surface area contributed by atoms with E-state index >= 15 is 0 Å². The molecule has 1 saturated heterocycles.